The van der Waals surface area contributed by atoms with Crippen LogP contribution in [0.3, 0.4) is 0 Å². The molecule has 11 heteroatoms. The van der Waals surface area contributed by atoms with Crippen LogP contribution in [0.1, 0.15) is 24.1 Å². The van der Waals surface area contributed by atoms with Crippen LogP contribution >= 0.6 is 11.6 Å². The number of nitrogens with one attached hydrogen (secondary N) is 2. The van der Waals surface area contributed by atoms with Crippen LogP contribution in [-0.2, 0) is 6.54 Å². The number of ether oxygens (including phenoxy) is 1. The van der Waals surface area contributed by atoms with Crippen LogP contribution in [0.25, 0.3) is 22.6 Å². The average Bonchev–Trinajstić information content (AvgIpc) is 3.75. The summed E-state index contributed by atoms with van der Waals surface area (Å²) < 4.78 is 8.07. The van der Waals surface area contributed by atoms with Crippen molar-refractivity contribution in [1.29, 1.82) is 0 Å². The molecule has 6 rings (SSSR count). The van der Waals surface area contributed by atoms with Crippen molar-refractivity contribution < 1.29 is 9.84 Å². The maximum absolute atomic E-state index is 9.95. The Morgan fingerprint density at radius 1 is 1.15 bits per heavy atom. The zero-order chi connectivity index (χ0) is 27.5. The highest BCUT2D eigenvalue weighted by molar-refractivity contribution is 6.33. The first-order valence-corrected chi connectivity index (χ1v) is 14.3. The smallest absolute Gasteiger partial charge is 0.166 e. The molecule has 0 unspecified atom stereocenters. The van der Waals surface area contributed by atoms with Crippen molar-refractivity contribution in [2.75, 3.05) is 51.3 Å². The second-order valence-corrected chi connectivity index (χ2v) is 11.0. The molecule has 0 amide bonds. The van der Waals surface area contributed by atoms with Crippen molar-refractivity contribution in [1.82, 2.24) is 34.7 Å². The minimum Gasteiger partial charge on any atom is -0.492 e. The van der Waals surface area contributed by atoms with Gasteiger partial charge in [-0.05, 0) is 61.6 Å². The van der Waals surface area contributed by atoms with E-state index in [1.165, 1.54) is 6.33 Å². The van der Waals surface area contributed by atoms with Gasteiger partial charge >= 0.3 is 0 Å². The summed E-state index contributed by atoms with van der Waals surface area (Å²) in [6, 6.07) is 9.71. The molecule has 1 atom stereocenters. The number of fused-ring (bicyclic) bond motifs is 1. The standard InChI is InChI=1S/C29H35ClN8O2/c1-19-6-7-32-21(14-19)16-38-28(36-26-27(33-18-34-29(26)38)35-25(17-39)20-2-3-20)23-5-4-22(15-24(23)30)40-13-12-37-10-8-31-9-11-37/h4-7,14-15,18,20,25,31,39H,2-3,8-13,16-17H2,1H3,(H,33,34,35)/t25-/m0/s1. The Kier molecular flexibility index (Phi) is 8.10. The van der Waals surface area contributed by atoms with E-state index in [1.807, 2.05) is 42.0 Å². The van der Waals surface area contributed by atoms with Gasteiger partial charge in [-0.3, -0.25) is 9.88 Å². The maximum Gasteiger partial charge on any atom is 0.166 e. The van der Waals surface area contributed by atoms with Crippen LogP contribution < -0.4 is 15.4 Å². The average molecular weight is 563 g/mol. The fraction of sp³-hybridized carbons (Fsp3) is 0.448. The zero-order valence-corrected chi connectivity index (χ0v) is 23.4. The summed E-state index contributed by atoms with van der Waals surface area (Å²) in [5.74, 6) is 2.45. The maximum atomic E-state index is 9.95. The van der Waals surface area contributed by atoms with Gasteiger partial charge in [0.25, 0.3) is 0 Å². The Hall–Kier alpha value is -3.31. The van der Waals surface area contributed by atoms with Crippen LogP contribution in [-0.4, -0.2) is 86.5 Å². The summed E-state index contributed by atoms with van der Waals surface area (Å²) in [5.41, 5.74) is 4.10. The van der Waals surface area contributed by atoms with Gasteiger partial charge < -0.3 is 25.0 Å². The van der Waals surface area contributed by atoms with Crippen molar-refractivity contribution in [3.05, 3.63) is 59.1 Å². The quantitative estimate of drug-likeness (QED) is 0.253. The number of halogens is 1. The van der Waals surface area contributed by atoms with Crippen LogP contribution in [0.5, 0.6) is 5.75 Å². The summed E-state index contributed by atoms with van der Waals surface area (Å²) in [6.07, 6.45) is 5.55. The molecule has 0 bridgehead atoms. The number of aromatic nitrogens is 5. The van der Waals surface area contributed by atoms with E-state index in [-0.39, 0.29) is 12.6 Å². The van der Waals surface area contributed by atoms with Gasteiger partial charge in [0.05, 0.1) is 29.9 Å². The predicted octanol–water partition coefficient (Wildman–Crippen LogP) is 3.37. The lowest BCUT2D eigenvalue weighted by atomic mass is 10.2. The van der Waals surface area contributed by atoms with Gasteiger partial charge in [0.2, 0.25) is 0 Å². The molecule has 1 saturated heterocycles. The number of imidazole rings is 1. The Balaban J connectivity index is 1.32. The molecule has 0 radical (unpaired) electrons. The molecule has 4 aromatic rings. The minimum absolute atomic E-state index is 0.0406. The monoisotopic (exact) mass is 562 g/mol. The summed E-state index contributed by atoms with van der Waals surface area (Å²) in [7, 11) is 0. The number of aliphatic hydroxyl groups is 1. The van der Waals surface area contributed by atoms with Crippen LogP contribution in [0.2, 0.25) is 5.02 Å². The molecule has 2 fully saturated rings. The van der Waals surface area contributed by atoms with Gasteiger partial charge in [-0.2, -0.15) is 0 Å². The molecule has 40 heavy (non-hydrogen) atoms. The van der Waals surface area contributed by atoms with Crippen LogP contribution in [0.15, 0.2) is 42.9 Å². The summed E-state index contributed by atoms with van der Waals surface area (Å²) in [6.45, 7) is 8.14. The SMILES string of the molecule is Cc1ccnc(Cn2c(-c3ccc(OCCN4CCNCC4)cc3Cl)nc3c(N[C@@H](CO)C4CC4)ncnc32)c1. The molecule has 1 saturated carbocycles. The lowest BCUT2D eigenvalue weighted by molar-refractivity contribution is 0.191. The Labute approximate surface area is 238 Å². The van der Waals surface area contributed by atoms with Gasteiger partial charge in [0.1, 0.15) is 24.5 Å². The number of hydrogen-bond acceptors (Lipinski definition) is 9. The lowest BCUT2D eigenvalue weighted by Crippen LogP contribution is -2.44. The molecule has 2 aliphatic rings. The molecular formula is C29H35ClN8O2. The molecule has 0 spiro atoms. The van der Waals surface area contributed by atoms with Crippen molar-refractivity contribution in [2.24, 2.45) is 5.92 Å². The highest BCUT2D eigenvalue weighted by Gasteiger charge is 2.32. The summed E-state index contributed by atoms with van der Waals surface area (Å²) in [4.78, 5) is 21.1. The Morgan fingerprint density at radius 2 is 2.00 bits per heavy atom. The molecule has 3 N–H and O–H groups in total. The molecule has 1 aliphatic carbocycles. The lowest BCUT2D eigenvalue weighted by Gasteiger charge is -2.26. The number of nitrogens with zero attached hydrogens (tertiary/aromatic N) is 6. The predicted molar refractivity (Wildman–Crippen MR) is 156 cm³/mol. The first-order chi connectivity index (χ1) is 19.6. The number of piperazine rings is 1. The van der Waals surface area contributed by atoms with E-state index in [2.05, 4.69) is 36.6 Å². The third kappa shape index (κ3) is 6.05. The van der Waals surface area contributed by atoms with Crippen molar-refractivity contribution in [2.45, 2.75) is 32.4 Å². The number of anilines is 1. The summed E-state index contributed by atoms with van der Waals surface area (Å²) >= 11 is 6.86. The van der Waals surface area contributed by atoms with Gasteiger partial charge in [-0.25, -0.2) is 15.0 Å². The third-order valence-corrected chi connectivity index (χ3v) is 7.91. The number of aliphatic hydroxyl groups excluding tert-OH is 1. The number of aryl methyl sites for hydroxylation is 1. The second-order valence-electron chi connectivity index (χ2n) is 10.6. The molecule has 3 aromatic heterocycles. The van der Waals surface area contributed by atoms with E-state index >= 15 is 0 Å². The number of rotatable bonds is 11. The van der Waals surface area contributed by atoms with Crippen molar-refractivity contribution in [3.63, 3.8) is 0 Å². The molecule has 1 aromatic carbocycles. The second kappa shape index (κ2) is 12.1. The highest BCUT2D eigenvalue weighted by Crippen LogP contribution is 2.37. The van der Waals surface area contributed by atoms with E-state index in [1.54, 1.807) is 0 Å². The summed E-state index contributed by atoms with van der Waals surface area (Å²) in [5, 5.41) is 17.3. The van der Waals surface area contributed by atoms with E-state index in [0.717, 1.165) is 68.1 Å². The molecule has 4 heterocycles. The molecular weight excluding hydrogens is 528 g/mol. The molecule has 210 valence electrons. The first kappa shape index (κ1) is 26.9. The highest BCUT2D eigenvalue weighted by atomic mass is 35.5. The molecule has 10 nitrogen and oxygen atoms in total. The third-order valence-electron chi connectivity index (χ3n) is 7.60. The van der Waals surface area contributed by atoms with Gasteiger partial charge in [0, 0.05) is 44.5 Å². The number of hydrogen-bond donors (Lipinski definition) is 3. The van der Waals surface area contributed by atoms with E-state index in [0.29, 0.717) is 46.9 Å². The van der Waals surface area contributed by atoms with Crippen molar-refractivity contribution >= 4 is 28.6 Å². The topological polar surface area (TPSA) is 113 Å². The van der Waals surface area contributed by atoms with E-state index in [4.69, 9.17) is 21.3 Å². The van der Waals surface area contributed by atoms with Gasteiger partial charge in [0.15, 0.2) is 17.0 Å². The molecule has 1 aliphatic heterocycles. The van der Waals surface area contributed by atoms with Crippen LogP contribution in [0, 0.1) is 12.8 Å². The first-order valence-electron chi connectivity index (χ1n) is 13.9. The van der Waals surface area contributed by atoms with E-state index in [9.17, 15) is 5.11 Å². The minimum atomic E-state index is -0.0636. The number of pyridine rings is 1. The Bertz CT molecular complexity index is 1470. The van der Waals surface area contributed by atoms with Gasteiger partial charge in [-0.1, -0.05) is 11.6 Å². The van der Waals surface area contributed by atoms with Gasteiger partial charge in [-0.15, -0.1) is 0 Å². The van der Waals surface area contributed by atoms with Crippen LogP contribution in [0.4, 0.5) is 5.82 Å². The largest absolute Gasteiger partial charge is 0.492 e. The normalized spacial score (nSPS) is 16.8. The Morgan fingerprint density at radius 3 is 2.75 bits per heavy atom. The fourth-order valence-corrected chi connectivity index (χ4v) is 5.48. The number of benzene rings is 1. The van der Waals surface area contributed by atoms with E-state index < -0.39 is 0 Å². The zero-order valence-electron chi connectivity index (χ0n) is 22.7. The fourth-order valence-electron chi connectivity index (χ4n) is 5.23. The van der Waals surface area contributed by atoms with Crippen molar-refractivity contribution in [3.8, 4) is 17.1 Å².